The number of hydrogen-bond acceptors (Lipinski definition) is 7. The van der Waals surface area contributed by atoms with Crippen molar-refractivity contribution in [3.05, 3.63) is 71.9 Å². The average Bonchev–Trinajstić information content (AvgIpc) is 2.83. The van der Waals surface area contributed by atoms with Crippen LogP contribution >= 0.6 is 0 Å². The Kier molecular flexibility index (Phi) is 8.08. The third kappa shape index (κ3) is 6.03. The first-order valence-electron chi connectivity index (χ1n) is 10.5. The van der Waals surface area contributed by atoms with E-state index in [0.717, 1.165) is 15.6 Å². The molecule has 0 aliphatic heterocycles. The molecule has 1 heterocycles. The maximum atomic E-state index is 12.7. The van der Waals surface area contributed by atoms with Crippen molar-refractivity contribution in [3.8, 4) is 23.1 Å². The van der Waals surface area contributed by atoms with Crippen LogP contribution in [0, 0.1) is 0 Å². The van der Waals surface area contributed by atoms with Crippen LogP contribution < -0.4 is 19.5 Å². The molecule has 0 atom stereocenters. The van der Waals surface area contributed by atoms with Crippen LogP contribution in [-0.4, -0.2) is 51.4 Å². The number of rotatable bonds is 10. The van der Waals surface area contributed by atoms with Gasteiger partial charge in [0.2, 0.25) is 15.9 Å². The van der Waals surface area contributed by atoms with Crippen LogP contribution in [0.1, 0.15) is 22.8 Å². The molecular weight excluding hydrogens is 458 g/mol. The van der Waals surface area contributed by atoms with Gasteiger partial charge in [0.25, 0.3) is 5.91 Å². The molecule has 3 aromatic rings. The van der Waals surface area contributed by atoms with Gasteiger partial charge in [-0.15, -0.1) is 0 Å². The van der Waals surface area contributed by atoms with E-state index < -0.39 is 15.9 Å². The zero-order valence-electron chi connectivity index (χ0n) is 19.4. The molecule has 10 heteroatoms. The molecule has 1 N–H and O–H groups in total. The van der Waals surface area contributed by atoms with Gasteiger partial charge in [0.05, 0.1) is 13.7 Å². The normalized spacial score (nSPS) is 11.2. The second-order valence-electron chi connectivity index (χ2n) is 7.34. The molecular formula is C24H27N3O6S. The summed E-state index contributed by atoms with van der Waals surface area (Å²) >= 11 is 0. The summed E-state index contributed by atoms with van der Waals surface area (Å²) < 4.78 is 42.6. The Morgan fingerprint density at radius 2 is 1.74 bits per heavy atom. The summed E-state index contributed by atoms with van der Waals surface area (Å²) in [6.45, 7) is 2.69. The Bertz CT molecular complexity index is 1240. The maximum absolute atomic E-state index is 12.7. The SMILES string of the molecule is CCOc1ccc(Oc2cc(CNC(=O)c3ccc(OC)c(S(=O)(=O)N(C)C)c3)ccn2)cc1. The number of sulfonamides is 1. The van der Waals surface area contributed by atoms with Crippen molar-refractivity contribution >= 4 is 15.9 Å². The zero-order valence-corrected chi connectivity index (χ0v) is 20.3. The summed E-state index contributed by atoms with van der Waals surface area (Å²) in [6, 6.07) is 14.9. The summed E-state index contributed by atoms with van der Waals surface area (Å²) in [5.41, 5.74) is 0.958. The average molecular weight is 486 g/mol. The molecule has 0 radical (unpaired) electrons. The highest BCUT2D eigenvalue weighted by Gasteiger charge is 2.23. The third-order valence-electron chi connectivity index (χ3n) is 4.79. The highest BCUT2D eigenvalue weighted by atomic mass is 32.2. The lowest BCUT2D eigenvalue weighted by Crippen LogP contribution is -2.25. The maximum Gasteiger partial charge on any atom is 0.251 e. The van der Waals surface area contributed by atoms with Gasteiger partial charge in [0, 0.05) is 38.5 Å². The molecule has 0 bridgehead atoms. The van der Waals surface area contributed by atoms with Crippen LogP contribution in [0.15, 0.2) is 65.7 Å². The molecule has 2 aromatic carbocycles. The first-order valence-corrected chi connectivity index (χ1v) is 11.9. The lowest BCUT2D eigenvalue weighted by atomic mass is 10.2. The lowest BCUT2D eigenvalue weighted by molar-refractivity contribution is 0.0950. The topological polar surface area (TPSA) is 107 Å². The first-order chi connectivity index (χ1) is 16.2. The third-order valence-corrected chi connectivity index (χ3v) is 6.63. The summed E-state index contributed by atoms with van der Waals surface area (Å²) in [5, 5.41) is 2.79. The van der Waals surface area contributed by atoms with Crippen molar-refractivity contribution in [3.63, 3.8) is 0 Å². The molecule has 180 valence electrons. The van der Waals surface area contributed by atoms with Crippen LogP contribution in [-0.2, 0) is 16.6 Å². The van der Waals surface area contributed by atoms with Crippen LogP contribution in [0.2, 0.25) is 0 Å². The van der Waals surface area contributed by atoms with Gasteiger partial charge in [0.15, 0.2) is 0 Å². The van der Waals surface area contributed by atoms with E-state index in [4.69, 9.17) is 14.2 Å². The van der Waals surface area contributed by atoms with E-state index in [0.29, 0.717) is 18.2 Å². The highest BCUT2D eigenvalue weighted by molar-refractivity contribution is 7.89. The van der Waals surface area contributed by atoms with E-state index >= 15 is 0 Å². The Labute approximate surface area is 199 Å². The molecule has 0 unspecified atom stereocenters. The summed E-state index contributed by atoms with van der Waals surface area (Å²) in [4.78, 5) is 16.8. The number of hydrogen-bond donors (Lipinski definition) is 1. The van der Waals surface area contributed by atoms with E-state index in [1.807, 2.05) is 19.1 Å². The minimum atomic E-state index is -3.79. The number of ether oxygens (including phenoxy) is 3. The number of carbonyl (C=O) groups excluding carboxylic acids is 1. The van der Waals surface area contributed by atoms with Crippen molar-refractivity contribution < 1.29 is 27.4 Å². The van der Waals surface area contributed by atoms with Crippen LogP contribution in [0.3, 0.4) is 0 Å². The Balaban J connectivity index is 1.69. The number of amides is 1. The number of methoxy groups -OCH3 is 1. The quantitative estimate of drug-likeness (QED) is 0.469. The second kappa shape index (κ2) is 11.0. The van der Waals surface area contributed by atoms with Crippen molar-refractivity contribution in [1.82, 2.24) is 14.6 Å². The number of nitrogens with zero attached hydrogens (tertiary/aromatic N) is 2. The van der Waals surface area contributed by atoms with Crippen molar-refractivity contribution in [2.45, 2.75) is 18.4 Å². The van der Waals surface area contributed by atoms with E-state index in [1.54, 1.807) is 30.5 Å². The standard InChI is InChI=1S/C24H27N3O6S/c1-5-32-19-7-9-20(10-8-19)33-23-14-17(12-13-25-23)16-26-24(28)18-6-11-21(31-4)22(15-18)34(29,30)27(2)3/h6-15H,5,16H2,1-4H3,(H,26,28). The molecule has 0 spiro atoms. The van der Waals surface area contributed by atoms with E-state index in [2.05, 4.69) is 10.3 Å². The van der Waals surface area contributed by atoms with Crippen molar-refractivity contribution in [2.24, 2.45) is 0 Å². The van der Waals surface area contributed by atoms with Crippen LogP contribution in [0.4, 0.5) is 0 Å². The van der Waals surface area contributed by atoms with Gasteiger partial charge in [0.1, 0.15) is 22.1 Å². The predicted octanol–water partition coefficient (Wildman–Crippen LogP) is 3.46. The summed E-state index contributed by atoms with van der Waals surface area (Å²) in [6.07, 6.45) is 1.58. The zero-order chi connectivity index (χ0) is 24.7. The molecule has 1 amide bonds. The molecule has 0 saturated carbocycles. The minimum absolute atomic E-state index is 0.0809. The summed E-state index contributed by atoms with van der Waals surface area (Å²) in [7, 11) is 0.416. The molecule has 3 rings (SSSR count). The number of aromatic nitrogens is 1. The van der Waals surface area contributed by atoms with Gasteiger partial charge < -0.3 is 19.5 Å². The number of pyridine rings is 1. The van der Waals surface area contributed by atoms with Gasteiger partial charge in [-0.3, -0.25) is 4.79 Å². The fourth-order valence-electron chi connectivity index (χ4n) is 3.01. The number of carbonyl (C=O) groups is 1. The second-order valence-corrected chi connectivity index (χ2v) is 9.46. The number of benzene rings is 2. The van der Waals surface area contributed by atoms with E-state index in [-0.39, 0.29) is 22.8 Å². The van der Waals surface area contributed by atoms with Gasteiger partial charge in [-0.2, -0.15) is 0 Å². The van der Waals surface area contributed by atoms with Gasteiger partial charge in [-0.25, -0.2) is 17.7 Å². The largest absolute Gasteiger partial charge is 0.495 e. The fraction of sp³-hybridized carbons (Fsp3) is 0.250. The van der Waals surface area contributed by atoms with Gasteiger partial charge in [-0.05, 0) is 61.0 Å². The molecule has 34 heavy (non-hydrogen) atoms. The summed E-state index contributed by atoms with van der Waals surface area (Å²) in [5.74, 6) is 1.46. The molecule has 1 aromatic heterocycles. The highest BCUT2D eigenvalue weighted by Crippen LogP contribution is 2.27. The van der Waals surface area contributed by atoms with Crippen molar-refractivity contribution in [2.75, 3.05) is 27.8 Å². The van der Waals surface area contributed by atoms with Gasteiger partial charge >= 0.3 is 0 Å². The molecule has 0 aliphatic carbocycles. The van der Waals surface area contributed by atoms with Crippen LogP contribution in [0.25, 0.3) is 0 Å². The Morgan fingerprint density at radius 3 is 2.38 bits per heavy atom. The monoisotopic (exact) mass is 485 g/mol. The fourth-order valence-corrected chi connectivity index (χ4v) is 4.08. The predicted molar refractivity (Wildman–Crippen MR) is 127 cm³/mol. The Hall–Kier alpha value is -3.63. The smallest absolute Gasteiger partial charge is 0.251 e. The minimum Gasteiger partial charge on any atom is -0.495 e. The van der Waals surface area contributed by atoms with Crippen LogP contribution in [0.5, 0.6) is 23.1 Å². The van der Waals surface area contributed by atoms with E-state index in [1.165, 1.54) is 39.4 Å². The van der Waals surface area contributed by atoms with Gasteiger partial charge in [-0.1, -0.05) is 0 Å². The molecule has 0 fully saturated rings. The molecule has 9 nitrogen and oxygen atoms in total. The van der Waals surface area contributed by atoms with Crippen molar-refractivity contribution in [1.29, 1.82) is 0 Å². The van der Waals surface area contributed by atoms with E-state index in [9.17, 15) is 13.2 Å². The lowest BCUT2D eigenvalue weighted by Gasteiger charge is -2.15. The number of nitrogens with one attached hydrogen (secondary N) is 1. The molecule has 0 aliphatic rings. The molecule has 0 saturated heterocycles. The Morgan fingerprint density at radius 1 is 1.03 bits per heavy atom. The first kappa shape index (κ1) is 25.0.